The molecular formula is C25H27N3O7S. The van der Waals surface area contributed by atoms with E-state index < -0.39 is 33.9 Å². The Morgan fingerprint density at radius 1 is 0.944 bits per heavy atom. The highest BCUT2D eigenvalue weighted by molar-refractivity contribution is 7.85. The molecule has 2 amide bonds. The summed E-state index contributed by atoms with van der Waals surface area (Å²) in [7, 11) is -1.69. The highest BCUT2D eigenvalue weighted by Gasteiger charge is 2.42. The zero-order valence-electron chi connectivity index (χ0n) is 19.6. The van der Waals surface area contributed by atoms with E-state index in [0.29, 0.717) is 43.7 Å². The van der Waals surface area contributed by atoms with Gasteiger partial charge in [-0.3, -0.25) is 28.8 Å². The van der Waals surface area contributed by atoms with Crippen LogP contribution in [0.15, 0.2) is 59.5 Å². The third-order valence-corrected chi connectivity index (χ3v) is 7.81. The molecule has 0 aliphatic carbocycles. The lowest BCUT2D eigenvalue weighted by molar-refractivity contribution is -0.384. The summed E-state index contributed by atoms with van der Waals surface area (Å²) >= 11 is 0. The smallest absolute Gasteiger partial charge is 0.410 e. The van der Waals surface area contributed by atoms with E-state index in [0.717, 1.165) is 5.56 Å². The summed E-state index contributed by atoms with van der Waals surface area (Å²) in [5.41, 5.74) is 0.720. The maximum absolute atomic E-state index is 13.4. The number of carbonyl (C=O) groups is 3. The number of benzene rings is 2. The largest absolute Gasteiger partial charge is 0.445 e. The number of nitro benzene ring substituents is 1. The number of rotatable bonds is 8. The van der Waals surface area contributed by atoms with Crippen molar-refractivity contribution in [2.24, 2.45) is 0 Å². The molecule has 10 nitrogen and oxygen atoms in total. The van der Waals surface area contributed by atoms with Crippen LogP contribution in [0.4, 0.5) is 10.5 Å². The number of hydrogen-bond donors (Lipinski definition) is 0. The van der Waals surface area contributed by atoms with Crippen LogP contribution in [-0.4, -0.2) is 67.6 Å². The molecule has 2 heterocycles. The Balaban J connectivity index is 1.37. The number of non-ortho nitro benzene ring substituents is 1. The number of likely N-dealkylation sites (tertiary alicyclic amines) is 2. The molecule has 2 aromatic carbocycles. The Morgan fingerprint density at radius 3 is 2.25 bits per heavy atom. The molecule has 0 N–H and O–H groups in total. The summed E-state index contributed by atoms with van der Waals surface area (Å²) in [6, 6.07) is 13.1. The highest BCUT2D eigenvalue weighted by atomic mass is 32.2. The van der Waals surface area contributed by atoms with Gasteiger partial charge in [-0.2, -0.15) is 0 Å². The number of hydrogen-bond acceptors (Lipinski definition) is 7. The van der Waals surface area contributed by atoms with E-state index in [9.17, 15) is 28.7 Å². The van der Waals surface area contributed by atoms with Gasteiger partial charge in [0, 0.05) is 30.1 Å². The van der Waals surface area contributed by atoms with Crippen molar-refractivity contribution in [3.05, 3.63) is 70.3 Å². The Bertz CT molecular complexity index is 1160. The average Bonchev–Trinajstić information content (AvgIpc) is 3.58. The Hall–Kier alpha value is -3.60. The minimum Gasteiger partial charge on any atom is -0.445 e. The second kappa shape index (κ2) is 11.4. The van der Waals surface area contributed by atoms with Crippen molar-refractivity contribution in [2.45, 2.75) is 49.3 Å². The van der Waals surface area contributed by atoms with Crippen LogP contribution in [0.3, 0.4) is 0 Å². The van der Waals surface area contributed by atoms with Crippen LogP contribution in [0.5, 0.6) is 0 Å². The van der Waals surface area contributed by atoms with E-state index in [1.807, 2.05) is 30.3 Å². The van der Waals surface area contributed by atoms with Gasteiger partial charge in [0.15, 0.2) is 5.78 Å². The molecular weight excluding hydrogens is 486 g/mol. The van der Waals surface area contributed by atoms with Crippen LogP contribution in [0.25, 0.3) is 0 Å². The fourth-order valence-corrected chi connectivity index (χ4v) is 5.69. The topological polar surface area (TPSA) is 127 Å². The normalized spacial score (nSPS) is 20.2. The number of Topliss-reactive ketones (excluding diaryl/α,β-unsaturated/α-hetero) is 1. The first-order chi connectivity index (χ1) is 17.3. The number of amides is 2. The van der Waals surface area contributed by atoms with Crippen molar-refractivity contribution in [3.8, 4) is 0 Å². The fourth-order valence-electron chi connectivity index (χ4n) is 4.63. The molecule has 0 spiro atoms. The van der Waals surface area contributed by atoms with Gasteiger partial charge in [0.2, 0.25) is 5.91 Å². The molecule has 0 saturated carbocycles. The summed E-state index contributed by atoms with van der Waals surface area (Å²) in [6.45, 7) is 0.903. The first kappa shape index (κ1) is 25.5. The van der Waals surface area contributed by atoms with Crippen molar-refractivity contribution >= 4 is 34.3 Å². The minimum atomic E-state index is -1.69. The van der Waals surface area contributed by atoms with Crippen molar-refractivity contribution in [1.29, 1.82) is 0 Å². The monoisotopic (exact) mass is 513 g/mol. The van der Waals surface area contributed by atoms with Crippen LogP contribution in [0.1, 0.15) is 31.2 Å². The predicted octanol–water partition coefficient (Wildman–Crippen LogP) is 3.06. The van der Waals surface area contributed by atoms with Gasteiger partial charge >= 0.3 is 6.09 Å². The Kier molecular flexibility index (Phi) is 8.09. The summed E-state index contributed by atoms with van der Waals surface area (Å²) in [5.74, 6) is -0.908. The zero-order chi connectivity index (χ0) is 25.7. The third-order valence-electron chi connectivity index (χ3n) is 6.47. The predicted molar refractivity (Wildman–Crippen MR) is 130 cm³/mol. The van der Waals surface area contributed by atoms with E-state index in [-0.39, 0.29) is 29.7 Å². The van der Waals surface area contributed by atoms with Crippen molar-refractivity contribution in [2.75, 3.05) is 18.8 Å². The second-order valence-corrected chi connectivity index (χ2v) is 10.2. The molecule has 2 aliphatic rings. The van der Waals surface area contributed by atoms with Crippen molar-refractivity contribution in [1.82, 2.24) is 9.80 Å². The van der Waals surface area contributed by atoms with Gasteiger partial charge in [0.05, 0.1) is 27.5 Å². The lowest BCUT2D eigenvalue weighted by atomic mass is 10.1. The summed E-state index contributed by atoms with van der Waals surface area (Å²) in [4.78, 5) is 52.6. The van der Waals surface area contributed by atoms with Gasteiger partial charge in [-0.25, -0.2) is 4.79 Å². The molecule has 2 saturated heterocycles. The number of carbonyl (C=O) groups excluding carboxylic acids is 3. The molecule has 4 rings (SSSR count). The van der Waals surface area contributed by atoms with Gasteiger partial charge in [0.25, 0.3) is 5.69 Å². The standard InChI is InChI=1S/C25H27N3O7S/c29-23(17-36(34)20-12-10-19(11-13-20)28(32)33)21-8-4-14-26(21)24(30)22-9-5-15-27(22)25(31)35-16-18-6-2-1-3-7-18/h1-3,6-7,10-13,21-22H,4-5,8-9,14-17H2/t21-,22+,36?/m0/s1. The fraction of sp³-hybridized carbons (Fsp3) is 0.400. The Morgan fingerprint density at radius 2 is 1.58 bits per heavy atom. The van der Waals surface area contributed by atoms with Crippen LogP contribution in [0.2, 0.25) is 0 Å². The summed E-state index contributed by atoms with van der Waals surface area (Å²) in [6.07, 6.45) is 1.69. The van der Waals surface area contributed by atoms with E-state index in [4.69, 9.17) is 4.74 Å². The van der Waals surface area contributed by atoms with Crippen LogP contribution in [-0.2, 0) is 31.7 Å². The Labute approximate surface area is 210 Å². The molecule has 3 atom stereocenters. The first-order valence-electron chi connectivity index (χ1n) is 11.8. The van der Waals surface area contributed by atoms with Gasteiger partial charge in [-0.1, -0.05) is 30.3 Å². The zero-order valence-corrected chi connectivity index (χ0v) is 20.4. The van der Waals surface area contributed by atoms with E-state index in [1.165, 1.54) is 34.1 Å². The number of ether oxygens (including phenoxy) is 1. The van der Waals surface area contributed by atoms with Crippen molar-refractivity contribution in [3.63, 3.8) is 0 Å². The van der Waals surface area contributed by atoms with E-state index in [1.54, 1.807) is 0 Å². The SMILES string of the molecule is O=C(CS(=O)c1ccc([N+](=O)[O-])cc1)[C@@H]1CCCN1C(=O)[C@H]1CCCN1C(=O)OCc1ccccc1. The summed E-state index contributed by atoms with van der Waals surface area (Å²) in [5, 5.41) is 10.8. The lowest BCUT2D eigenvalue weighted by Gasteiger charge is -2.30. The molecule has 2 aliphatic heterocycles. The number of nitro groups is 1. The van der Waals surface area contributed by atoms with Gasteiger partial charge < -0.3 is 9.64 Å². The number of ketones is 1. The quantitative estimate of drug-likeness (QED) is 0.392. The summed E-state index contributed by atoms with van der Waals surface area (Å²) < 4.78 is 18.1. The molecule has 2 fully saturated rings. The van der Waals surface area contributed by atoms with Crippen LogP contribution < -0.4 is 0 Å². The van der Waals surface area contributed by atoms with Gasteiger partial charge in [-0.05, 0) is 43.4 Å². The molecule has 36 heavy (non-hydrogen) atoms. The maximum atomic E-state index is 13.4. The van der Waals surface area contributed by atoms with Crippen LogP contribution >= 0.6 is 0 Å². The van der Waals surface area contributed by atoms with E-state index in [2.05, 4.69) is 0 Å². The first-order valence-corrected chi connectivity index (χ1v) is 13.1. The maximum Gasteiger partial charge on any atom is 0.410 e. The lowest BCUT2D eigenvalue weighted by Crippen LogP contribution is -2.51. The number of nitrogens with zero attached hydrogens (tertiary/aromatic N) is 3. The average molecular weight is 514 g/mol. The minimum absolute atomic E-state index is 0.108. The molecule has 1 unspecified atom stereocenters. The van der Waals surface area contributed by atoms with Crippen molar-refractivity contribution < 1.29 is 28.3 Å². The molecule has 190 valence electrons. The molecule has 0 radical (unpaired) electrons. The second-order valence-electron chi connectivity index (χ2n) is 8.79. The molecule has 11 heteroatoms. The molecule has 0 bridgehead atoms. The molecule has 2 aromatic rings. The highest BCUT2D eigenvalue weighted by Crippen LogP contribution is 2.26. The third kappa shape index (κ3) is 5.78. The van der Waals surface area contributed by atoms with Gasteiger partial charge in [0.1, 0.15) is 12.6 Å². The van der Waals surface area contributed by atoms with Gasteiger partial charge in [-0.15, -0.1) is 0 Å². The molecule has 0 aromatic heterocycles. The van der Waals surface area contributed by atoms with Crippen LogP contribution in [0, 0.1) is 10.1 Å². The van der Waals surface area contributed by atoms with E-state index >= 15 is 0 Å².